The van der Waals surface area contributed by atoms with Crippen LogP contribution >= 0.6 is 0 Å². The molecule has 26 heavy (non-hydrogen) atoms. The summed E-state index contributed by atoms with van der Waals surface area (Å²) in [5.74, 6) is -1.05. The number of carbonyl (C=O) groups excluding carboxylic acids is 2. The van der Waals surface area contributed by atoms with Gasteiger partial charge in [-0.1, -0.05) is 30.3 Å². The fourth-order valence-electron chi connectivity index (χ4n) is 3.77. The van der Waals surface area contributed by atoms with Crippen LogP contribution in [0.1, 0.15) is 11.6 Å². The van der Waals surface area contributed by atoms with E-state index in [0.717, 1.165) is 11.3 Å². The fourth-order valence-corrected chi connectivity index (χ4v) is 3.77. The van der Waals surface area contributed by atoms with Crippen LogP contribution in [0.5, 0.6) is 0 Å². The van der Waals surface area contributed by atoms with Gasteiger partial charge in [0.1, 0.15) is 0 Å². The summed E-state index contributed by atoms with van der Waals surface area (Å²) in [6, 6.07) is 16.7. The number of benzene rings is 2. The lowest BCUT2D eigenvalue weighted by atomic mass is 9.91. The molecule has 2 aliphatic heterocycles. The molecule has 2 fully saturated rings. The Balaban J connectivity index is 1.68. The van der Waals surface area contributed by atoms with Gasteiger partial charge in [-0.05, 0) is 29.8 Å². The van der Waals surface area contributed by atoms with E-state index in [9.17, 15) is 9.59 Å². The lowest BCUT2D eigenvalue weighted by Gasteiger charge is -2.24. The van der Waals surface area contributed by atoms with Crippen LogP contribution in [0.25, 0.3) is 0 Å². The van der Waals surface area contributed by atoms with Crippen molar-refractivity contribution in [3.63, 3.8) is 0 Å². The molecule has 3 atom stereocenters. The second kappa shape index (κ2) is 6.23. The summed E-state index contributed by atoms with van der Waals surface area (Å²) in [5, 5.41) is 1.64. The van der Waals surface area contributed by atoms with Crippen LogP contribution in [-0.2, 0) is 14.4 Å². The van der Waals surface area contributed by atoms with Crippen molar-refractivity contribution >= 4 is 23.2 Å². The number of hydroxylamine groups is 2. The normalized spacial score (nSPS) is 25.7. The molecule has 0 bridgehead atoms. The lowest BCUT2D eigenvalue weighted by molar-refractivity contribution is -0.160. The molecule has 6 nitrogen and oxygen atoms in total. The van der Waals surface area contributed by atoms with Gasteiger partial charge in [0.15, 0.2) is 6.10 Å². The maximum Gasteiger partial charge on any atom is 0.265 e. The zero-order valence-electron chi connectivity index (χ0n) is 15.0. The molecule has 2 aromatic rings. The van der Waals surface area contributed by atoms with Gasteiger partial charge in [-0.2, -0.15) is 5.06 Å². The summed E-state index contributed by atoms with van der Waals surface area (Å²) in [6.45, 7) is 0. The van der Waals surface area contributed by atoms with E-state index in [-0.39, 0.29) is 17.9 Å². The summed E-state index contributed by atoms with van der Waals surface area (Å²) in [6.07, 6.45) is -0.772. The van der Waals surface area contributed by atoms with Gasteiger partial charge in [-0.15, -0.1) is 0 Å². The number of anilines is 2. The van der Waals surface area contributed by atoms with E-state index >= 15 is 0 Å². The van der Waals surface area contributed by atoms with Crippen molar-refractivity contribution in [1.82, 2.24) is 5.06 Å². The largest absolute Gasteiger partial charge is 0.378 e. The number of amides is 2. The van der Waals surface area contributed by atoms with Crippen LogP contribution in [0.2, 0.25) is 0 Å². The molecule has 0 unspecified atom stereocenters. The highest BCUT2D eigenvalue weighted by atomic mass is 16.7. The van der Waals surface area contributed by atoms with Crippen LogP contribution in [0.15, 0.2) is 54.6 Å². The Morgan fingerprint density at radius 1 is 0.923 bits per heavy atom. The predicted octanol–water partition coefficient (Wildman–Crippen LogP) is 2.23. The highest BCUT2D eigenvalue weighted by molar-refractivity contribution is 6.23. The zero-order valence-corrected chi connectivity index (χ0v) is 15.0. The quantitative estimate of drug-likeness (QED) is 0.794. The third kappa shape index (κ3) is 2.50. The van der Waals surface area contributed by atoms with Crippen molar-refractivity contribution in [3.05, 3.63) is 60.2 Å². The van der Waals surface area contributed by atoms with Gasteiger partial charge in [0, 0.05) is 26.8 Å². The Labute approximate surface area is 152 Å². The highest BCUT2D eigenvalue weighted by Gasteiger charge is 2.59. The van der Waals surface area contributed by atoms with Crippen molar-refractivity contribution in [1.29, 1.82) is 0 Å². The summed E-state index contributed by atoms with van der Waals surface area (Å²) in [7, 11) is 5.73. The molecule has 0 aromatic heterocycles. The van der Waals surface area contributed by atoms with E-state index < -0.39 is 12.0 Å². The molecule has 0 aliphatic carbocycles. The molecule has 2 saturated heterocycles. The van der Waals surface area contributed by atoms with Crippen molar-refractivity contribution in [2.45, 2.75) is 12.1 Å². The number of rotatable bonds is 3. The highest BCUT2D eigenvalue weighted by Crippen LogP contribution is 2.44. The molecular weight excluding hydrogens is 330 g/mol. The molecule has 2 heterocycles. The average molecular weight is 351 g/mol. The third-order valence-corrected chi connectivity index (χ3v) is 5.07. The summed E-state index contributed by atoms with van der Waals surface area (Å²) >= 11 is 0. The van der Waals surface area contributed by atoms with Crippen LogP contribution in [0.4, 0.5) is 11.4 Å². The molecule has 134 valence electrons. The van der Waals surface area contributed by atoms with E-state index in [4.69, 9.17) is 4.84 Å². The van der Waals surface area contributed by atoms with Gasteiger partial charge in [0.05, 0.1) is 17.6 Å². The Morgan fingerprint density at radius 3 is 2.19 bits per heavy atom. The number of carbonyl (C=O) groups is 2. The van der Waals surface area contributed by atoms with Crippen molar-refractivity contribution in [3.8, 4) is 0 Å². The Morgan fingerprint density at radius 2 is 1.58 bits per heavy atom. The molecular formula is C20H21N3O3. The first kappa shape index (κ1) is 16.8. The fraction of sp³-hybridized carbons (Fsp3) is 0.300. The first-order valence-electron chi connectivity index (χ1n) is 8.59. The van der Waals surface area contributed by atoms with Crippen LogP contribution in [0.3, 0.4) is 0 Å². The summed E-state index contributed by atoms with van der Waals surface area (Å²) in [5.41, 5.74) is 2.62. The van der Waals surface area contributed by atoms with Crippen LogP contribution in [0, 0.1) is 5.92 Å². The molecule has 0 radical (unpaired) electrons. The SMILES string of the molecule is CN(C)c1ccc([C@H]2[C@@H]3C(=O)N(c4ccccc4)C(=O)[C@@H]3ON2C)cc1. The predicted molar refractivity (Wildman–Crippen MR) is 98.6 cm³/mol. The summed E-state index contributed by atoms with van der Waals surface area (Å²) < 4.78 is 0. The van der Waals surface area contributed by atoms with Gasteiger partial charge in [-0.3, -0.25) is 14.4 Å². The Hall–Kier alpha value is -2.70. The molecule has 2 aliphatic rings. The van der Waals surface area contributed by atoms with Gasteiger partial charge in [-0.25, -0.2) is 4.90 Å². The topological polar surface area (TPSA) is 53.1 Å². The molecule has 0 saturated carbocycles. The van der Waals surface area contributed by atoms with E-state index in [1.54, 1.807) is 24.2 Å². The maximum atomic E-state index is 13.1. The van der Waals surface area contributed by atoms with E-state index in [2.05, 4.69) is 0 Å². The van der Waals surface area contributed by atoms with Crippen molar-refractivity contribution in [2.75, 3.05) is 30.9 Å². The van der Waals surface area contributed by atoms with E-state index in [1.165, 1.54) is 4.90 Å². The number of hydrogen-bond donors (Lipinski definition) is 0. The van der Waals surface area contributed by atoms with Gasteiger partial charge in [0.2, 0.25) is 5.91 Å². The van der Waals surface area contributed by atoms with Gasteiger partial charge >= 0.3 is 0 Å². The zero-order chi connectivity index (χ0) is 18.4. The number of para-hydroxylation sites is 1. The molecule has 0 spiro atoms. The summed E-state index contributed by atoms with van der Waals surface area (Å²) in [4.78, 5) is 34.9. The first-order chi connectivity index (χ1) is 12.5. The second-order valence-electron chi connectivity index (χ2n) is 6.88. The maximum absolute atomic E-state index is 13.1. The minimum Gasteiger partial charge on any atom is -0.378 e. The Kier molecular flexibility index (Phi) is 4.01. The minimum atomic E-state index is -0.772. The molecule has 2 amide bonds. The van der Waals surface area contributed by atoms with Crippen molar-refractivity contribution in [2.24, 2.45) is 5.92 Å². The number of hydrogen-bond acceptors (Lipinski definition) is 5. The number of nitrogens with zero attached hydrogens (tertiary/aromatic N) is 3. The molecule has 2 aromatic carbocycles. The smallest absolute Gasteiger partial charge is 0.265 e. The van der Waals surface area contributed by atoms with Gasteiger partial charge < -0.3 is 4.90 Å². The van der Waals surface area contributed by atoms with E-state index in [1.807, 2.05) is 61.5 Å². The monoisotopic (exact) mass is 351 g/mol. The standard InChI is InChI=1S/C20H21N3O3/c1-21(2)14-11-9-13(10-12-14)17-16-18(26-22(17)3)20(25)23(19(16)24)15-7-5-4-6-8-15/h4-12,16-18H,1-3H3/t16-,17-,18+/m0/s1. The number of imide groups is 1. The third-order valence-electron chi connectivity index (χ3n) is 5.07. The average Bonchev–Trinajstić information content (AvgIpc) is 3.10. The molecule has 6 heteroatoms. The van der Waals surface area contributed by atoms with Crippen LogP contribution < -0.4 is 9.80 Å². The van der Waals surface area contributed by atoms with Crippen LogP contribution in [-0.4, -0.2) is 44.1 Å². The van der Waals surface area contributed by atoms with Crippen molar-refractivity contribution < 1.29 is 14.4 Å². The van der Waals surface area contributed by atoms with E-state index in [0.29, 0.717) is 5.69 Å². The minimum absolute atomic E-state index is 0.211. The molecule has 4 rings (SSSR count). The first-order valence-corrected chi connectivity index (χ1v) is 8.59. The number of fused-ring (bicyclic) bond motifs is 1. The molecule has 0 N–H and O–H groups in total. The lowest BCUT2D eigenvalue weighted by Crippen LogP contribution is -2.36. The Bertz CT molecular complexity index is 835. The van der Waals surface area contributed by atoms with Gasteiger partial charge in [0.25, 0.3) is 5.91 Å². The second-order valence-corrected chi connectivity index (χ2v) is 6.88.